The fraction of sp³-hybridized carbons (Fsp3) is 0.400. The Hall–Kier alpha value is -1.96. The molecule has 0 aliphatic carbocycles. The number of hydrogen-bond donors (Lipinski definition) is 4. The van der Waals surface area contributed by atoms with Crippen LogP contribution < -0.4 is 4.74 Å². The van der Waals surface area contributed by atoms with Crippen LogP contribution in [0.2, 0.25) is 0 Å². The van der Waals surface area contributed by atoms with E-state index in [1.54, 1.807) is 12.1 Å². The summed E-state index contributed by atoms with van der Waals surface area (Å²) in [5.74, 6) is 0.471. The smallest absolute Gasteiger partial charge is 0.228 e. The van der Waals surface area contributed by atoms with E-state index < -0.39 is 30.7 Å². The van der Waals surface area contributed by atoms with Crippen LogP contribution in [0.15, 0.2) is 42.5 Å². The monoisotopic (exact) mass is 360 g/mol. The highest BCUT2D eigenvalue weighted by atomic mass is 16.7. The summed E-state index contributed by atoms with van der Waals surface area (Å²) in [5.41, 5.74) is 3.32. The number of aliphatic hydroxyl groups excluding tert-OH is 4. The SMILES string of the molecule is Cc1cc(C(O)c2ccccc2C)ccc1O[C@@H]1OC[C@@H](O)[C@H](O)[C@H]1O. The van der Waals surface area contributed by atoms with Crippen molar-refractivity contribution in [3.05, 3.63) is 64.7 Å². The summed E-state index contributed by atoms with van der Waals surface area (Å²) in [6, 6.07) is 12.9. The Kier molecular flexibility index (Phi) is 5.60. The average molecular weight is 360 g/mol. The predicted octanol–water partition coefficient (Wildman–Crippen LogP) is 1.20. The summed E-state index contributed by atoms with van der Waals surface area (Å²) < 4.78 is 10.9. The van der Waals surface area contributed by atoms with Gasteiger partial charge in [-0.25, -0.2) is 0 Å². The maximum Gasteiger partial charge on any atom is 0.228 e. The third-order valence-electron chi connectivity index (χ3n) is 4.70. The van der Waals surface area contributed by atoms with E-state index in [2.05, 4.69) is 0 Å². The second kappa shape index (κ2) is 7.73. The zero-order valence-electron chi connectivity index (χ0n) is 14.7. The summed E-state index contributed by atoms with van der Waals surface area (Å²) in [7, 11) is 0. The van der Waals surface area contributed by atoms with Crippen molar-refractivity contribution in [1.82, 2.24) is 0 Å². The molecule has 140 valence electrons. The van der Waals surface area contributed by atoms with Gasteiger partial charge in [-0.3, -0.25) is 0 Å². The Bertz CT molecular complexity index is 762. The zero-order chi connectivity index (χ0) is 18.8. The van der Waals surface area contributed by atoms with Crippen LogP contribution >= 0.6 is 0 Å². The van der Waals surface area contributed by atoms with E-state index in [0.717, 1.165) is 22.3 Å². The molecule has 1 aliphatic rings. The molecule has 0 bridgehead atoms. The lowest BCUT2D eigenvalue weighted by atomic mass is 9.96. The first kappa shape index (κ1) is 18.8. The molecule has 6 heteroatoms. The van der Waals surface area contributed by atoms with E-state index in [9.17, 15) is 20.4 Å². The summed E-state index contributed by atoms with van der Waals surface area (Å²) in [5, 5.41) is 39.9. The zero-order valence-corrected chi connectivity index (χ0v) is 14.7. The van der Waals surface area contributed by atoms with Gasteiger partial charge in [0.2, 0.25) is 6.29 Å². The predicted molar refractivity (Wildman–Crippen MR) is 94.8 cm³/mol. The van der Waals surface area contributed by atoms with E-state index in [4.69, 9.17) is 9.47 Å². The van der Waals surface area contributed by atoms with E-state index >= 15 is 0 Å². The fourth-order valence-electron chi connectivity index (χ4n) is 3.06. The van der Waals surface area contributed by atoms with E-state index in [1.165, 1.54) is 0 Å². The molecule has 0 spiro atoms. The molecule has 26 heavy (non-hydrogen) atoms. The van der Waals surface area contributed by atoms with Gasteiger partial charge in [-0.1, -0.05) is 30.3 Å². The fourth-order valence-corrected chi connectivity index (χ4v) is 3.06. The van der Waals surface area contributed by atoms with Gasteiger partial charge in [-0.05, 0) is 48.2 Å². The first-order valence-electron chi connectivity index (χ1n) is 8.55. The molecule has 0 aromatic heterocycles. The van der Waals surface area contributed by atoms with Crippen LogP contribution in [-0.4, -0.2) is 51.6 Å². The van der Waals surface area contributed by atoms with Gasteiger partial charge in [0.05, 0.1) is 6.61 Å². The van der Waals surface area contributed by atoms with Gasteiger partial charge in [0.15, 0.2) is 0 Å². The van der Waals surface area contributed by atoms with Crippen LogP contribution in [0.3, 0.4) is 0 Å². The van der Waals surface area contributed by atoms with Crippen LogP contribution in [0.4, 0.5) is 0 Å². The molecule has 1 heterocycles. The Balaban J connectivity index is 1.77. The second-order valence-electron chi connectivity index (χ2n) is 6.65. The number of benzene rings is 2. The van der Waals surface area contributed by atoms with Gasteiger partial charge in [0, 0.05) is 0 Å². The number of rotatable bonds is 4. The molecule has 0 saturated carbocycles. The van der Waals surface area contributed by atoms with Crippen LogP contribution in [0.1, 0.15) is 28.4 Å². The van der Waals surface area contributed by atoms with E-state index in [0.29, 0.717) is 5.75 Å². The van der Waals surface area contributed by atoms with Crippen molar-refractivity contribution in [2.45, 2.75) is 44.6 Å². The van der Waals surface area contributed by atoms with Crippen molar-refractivity contribution < 1.29 is 29.9 Å². The van der Waals surface area contributed by atoms with Crippen molar-refractivity contribution in [3.63, 3.8) is 0 Å². The topological polar surface area (TPSA) is 99.4 Å². The quantitative estimate of drug-likeness (QED) is 0.654. The largest absolute Gasteiger partial charge is 0.462 e. The molecular weight excluding hydrogens is 336 g/mol. The van der Waals surface area contributed by atoms with Crippen molar-refractivity contribution in [2.24, 2.45) is 0 Å². The van der Waals surface area contributed by atoms with Crippen LogP contribution in [0.25, 0.3) is 0 Å². The van der Waals surface area contributed by atoms with E-state index in [-0.39, 0.29) is 6.61 Å². The lowest BCUT2D eigenvalue weighted by Gasteiger charge is -2.35. The van der Waals surface area contributed by atoms with Crippen molar-refractivity contribution in [3.8, 4) is 5.75 Å². The average Bonchev–Trinajstić information content (AvgIpc) is 2.63. The van der Waals surface area contributed by atoms with Gasteiger partial charge >= 0.3 is 0 Å². The van der Waals surface area contributed by atoms with Crippen molar-refractivity contribution in [1.29, 1.82) is 0 Å². The maximum atomic E-state index is 10.6. The molecule has 0 amide bonds. The van der Waals surface area contributed by atoms with Gasteiger partial charge in [0.1, 0.15) is 30.2 Å². The Morgan fingerprint density at radius 2 is 1.73 bits per heavy atom. The molecule has 3 rings (SSSR count). The van der Waals surface area contributed by atoms with Gasteiger partial charge in [-0.2, -0.15) is 0 Å². The summed E-state index contributed by atoms with van der Waals surface area (Å²) in [6.45, 7) is 3.65. The third-order valence-corrected chi connectivity index (χ3v) is 4.70. The third kappa shape index (κ3) is 3.75. The highest BCUT2D eigenvalue weighted by Gasteiger charge is 2.39. The van der Waals surface area contributed by atoms with Crippen LogP contribution in [0, 0.1) is 13.8 Å². The molecule has 1 fully saturated rings. The number of aryl methyl sites for hydroxylation is 2. The normalized spacial score (nSPS) is 27.2. The minimum absolute atomic E-state index is 0.119. The van der Waals surface area contributed by atoms with Gasteiger partial charge in [0.25, 0.3) is 0 Å². The van der Waals surface area contributed by atoms with Crippen molar-refractivity contribution in [2.75, 3.05) is 6.61 Å². The van der Waals surface area contributed by atoms with Crippen molar-refractivity contribution >= 4 is 0 Å². The lowest BCUT2D eigenvalue weighted by molar-refractivity contribution is -0.242. The van der Waals surface area contributed by atoms with Gasteiger partial charge < -0.3 is 29.9 Å². The molecule has 1 saturated heterocycles. The highest BCUT2D eigenvalue weighted by Crippen LogP contribution is 2.30. The van der Waals surface area contributed by atoms with Gasteiger partial charge in [-0.15, -0.1) is 0 Å². The summed E-state index contributed by atoms with van der Waals surface area (Å²) in [6.07, 6.45) is -5.64. The standard InChI is InChI=1S/C20H24O6/c1-11-5-3-4-6-14(11)17(22)13-7-8-16(12(2)9-13)26-20-19(24)18(23)15(21)10-25-20/h3-9,15,17-24H,10H2,1-2H3/t15-,17?,18+,19-,20+/m1/s1. The maximum absolute atomic E-state index is 10.6. The molecule has 1 unspecified atom stereocenters. The summed E-state index contributed by atoms with van der Waals surface area (Å²) >= 11 is 0. The number of aliphatic hydroxyl groups is 4. The molecule has 1 aliphatic heterocycles. The molecule has 2 aromatic carbocycles. The Morgan fingerprint density at radius 3 is 2.42 bits per heavy atom. The Labute approximate surface area is 152 Å². The molecule has 5 atom stereocenters. The van der Waals surface area contributed by atoms with Crippen LogP contribution in [0.5, 0.6) is 5.75 Å². The first-order chi connectivity index (χ1) is 12.4. The molecular formula is C20H24O6. The number of ether oxygens (including phenoxy) is 2. The minimum Gasteiger partial charge on any atom is -0.462 e. The highest BCUT2D eigenvalue weighted by molar-refractivity contribution is 5.41. The molecule has 6 nitrogen and oxygen atoms in total. The lowest BCUT2D eigenvalue weighted by Crippen LogP contribution is -2.54. The second-order valence-corrected chi connectivity index (χ2v) is 6.65. The molecule has 2 aromatic rings. The molecule has 0 radical (unpaired) electrons. The Morgan fingerprint density at radius 1 is 1.00 bits per heavy atom. The summed E-state index contributed by atoms with van der Waals surface area (Å²) in [4.78, 5) is 0. The molecule has 4 N–H and O–H groups in total. The number of hydrogen-bond acceptors (Lipinski definition) is 6. The minimum atomic E-state index is -1.35. The van der Waals surface area contributed by atoms with Crippen LogP contribution in [-0.2, 0) is 4.74 Å². The van der Waals surface area contributed by atoms with E-state index in [1.807, 2.05) is 44.2 Å². The first-order valence-corrected chi connectivity index (χ1v) is 8.55.